The summed E-state index contributed by atoms with van der Waals surface area (Å²) < 4.78 is 1.33. The van der Waals surface area contributed by atoms with Gasteiger partial charge >= 0.3 is 0 Å². The average Bonchev–Trinajstić information content (AvgIpc) is 3.30. The van der Waals surface area contributed by atoms with Crippen LogP contribution in [0.4, 0.5) is 0 Å². The van der Waals surface area contributed by atoms with Crippen LogP contribution in [0.2, 0.25) is 0 Å². The lowest BCUT2D eigenvalue weighted by atomic mass is 10.0. The molecule has 0 bridgehead atoms. The number of nitrogens with one attached hydrogen (secondary N) is 1. The van der Waals surface area contributed by atoms with E-state index < -0.39 is 0 Å². The van der Waals surface area contributed by atoms with Gasteiger partial charge in [-0.15, -0.1) is 0 Å². The Morgan fingerprint density at radius 1 is 1.20 bits per heavy atom. The Bertz CT molecular complexity index is 1060. The maximum Gasteiger partial charge on any atom is 0.255 e. The van der Waals surface area contributed by atoms with E-state index in [0.29, 0.717) is 11.1 Å². The quantitative estimate of drug-likeness (QED) is 0.799. The van der Waals surface area contributed by atoms with Crippen LogP contribution in [0.1, 0.15) is 34.1 Å². The molecule has 2 heterocycles. The minimum absolute atomic E-state index is 0.115. The molecule has 1 aromatic carbocycles. The van der Waals surface area contributed by atoms with E-state index in [1.165, 1.54) is 11.6 Å². The number of pyridine rings is 1. The van der Waals surface area contributed by atoms with Gasteiger partial charge in [-0.05, 0) is 30.7 Å². The number of amides is 1. The van der Waals surface area contributed by atoms with Crippen LogP contribution in [-0.4, -0.2) is 26.6 Å². The van der Waals surface area contributed by atoms with Crippen LogP contribution >= 0.6 is 0 Å². The van der Waals surface area contributed by atoms with Crippen LogP contribution in [0, 0.1) is 6.92 Å². The number of aromatic nitrogens is 3. The lowest BCUT2D eigenvalue weighted by Crippen LogP contribution is -2.18. The predicted octanol–water partition coefficient (Wildman–Crippen LogP) is 3.08. The fourth-order valence-electron chi connectivity index (χ4n) is 2.73. The highest BCUT2D eigenvalue weighted by Gasteiger charge is 2.15. The van der Waals surface area contributed by atoms with E-state index in [4.69, 9.17) is 0 Å². The molecule has 1 aliphatic rings. The summed E-state index contributed by atoms with van der Waals surface area (Å²) in [5.41, 5.74) is 4.87. The fraction of sp³-hybridized carbons (Fsp3) is 0.158. The highest BCUT2D eigenvalue weighted by atomic mass is 16.2. The van der Waals surface area contributed by atoms with Gasteiger partial charge in [0.2, 0.25) is 5.91 Å². The first-order valence-electron chi connectivity index (χ1n) is 7.99. The number of hydrogen-bond acceptors (Lipinski definition) is 4. The van der Waals surface area contributed by atoms with Crippen molar-refractivity contribution in [1.82, 2.24) is 20.1 Å². The van der Waals surface area contributed by atoms with Gasteiger partial charge in [0, 0.05) is 35.6 Å². The summed E-state index contributed by atoms with van der Waals surface area (Å²) in [6, 6.07) is 7.45. The van der Waals surface area contributed by atoms with Gasteiger partial charge in [-0.1, -0.05) is 12.1 Å². The summed E-state index contributed by atoms with van der Waals surface area (Å²) in [6.45, 7) is 3.44. The molecule has 3 aromatic rings. The lowest BCUT2D eigenvalue weighted by Gasteiger charge is -2.09. The van der Waals surface area contributed by atoms with Gasteiger partial charge in [0.25, 0.3) is 5.91 Å². The van der Waals surface area contributed by atoms with Crippen molar-refractivity contribution in [2.24, 2.45) is 0 Å². The van der Waals surface area contributed by atoms with E-state index in [0.717, 1.165) is 34.3 Å². The minimum Gasteiger partial charge on any atom is -0.326 e. The first-order chi connectivity index (χ1) is 12.0. The molecule has 0 fully saturated rings. The number of fused-ring (bicyclic) bond motifs is 1. The smallest absolute Gasteiger partial charge is 0.255 e. The van der Waals surface area contributed by atoms with Crippen LogP contribution in [-0.2, 0) is 0 Å². The first-order valence-corrected chi connectivity index (χ1v) is 7.99. The van der Waals surface area contributed by atoms with Crippen LogP contribution in [0.15, 0.2) is 48.4 Å². The summed E-state index contributed by atoms with van der Waals surface area (Å²) in [7, 11) is 0. The summed E-state index contributed by atoms with van der Waals surface area (Å²) in [5, 5.41) is 7.79. The Morgan fingerprint density at radius 3 is 2.72 bits per heavy atom. The first kappa shape index (κ1) is 15.3. The third-order valence-electron chi connectivity index (χ3n) is 4.21. The van der Waals surface area contributed by atoms with E-state index >= 15 is 0 Å². The zero-order valence-electron chi connectivity index (χ0n) is 13.9. The lowest BCUT2D eigenvalue weighted by molar-refractivity contribution is 0.0925. The number of carbonyl (C=O) groups excluding carboxylic acids is 2. The predicted molar refractivity (Wildman–Crippen MR) is 94.2 cm³/mol. The Balaban J connectivity index is 1.75. The van der Waals surface area contributed by atoms with Crippen molar-refractivity contribution in [3.05, 3.63) is 59.6 Å². The number of nitrogens with zero attached hydrogens (tertiary/aromatic N) is 3. The summed E-state index contributed by atoms with van der Waals surface area (Å²) >= 11 is 0. The minimum atomic E-state index is -0.159. The number of allylic oxidation sites excluding steroid dienone is 2. The van der Waals surface area contributed by atoms with Crippen molar-refractivity contribution >= 4 is 22.7 Å². The molecule has 2 aromatic heterocycles. The molecule has 1 N–H and O–H groups in total. The van der Waals surface area contributed by atoms with Gasteiger partial charge in [-0.25, -0.2) is 0 Å². The van der Waals surface area contributed by atoms with E-state index in [1.54, 1.807) is 12.4 Å². The number of aryl methyl sites for hydroxylation is 1. The molecule has 0 unspecified atom stereocenters. The summed E-state index contributed by atoms with van der Waals surface area (Å²) in [5.74, 6) is -0.274. The van der Waals surface area contributed by atoms with Crippen LogP contribution in [0.5, 0.6) is 0 Å². The van der Waals surface area contributed by atoms with E-state index in [-0.39, 0.29) is 11.8 Å². The highest BCUT2D eigenvalue weighted by molar-refractivity contribution is 5.97. The molecule has 0 spiro atoms. The van der Waals surface area contributed by atoms with E-state index in [2.05, 4.69) is 15.4 Å². The molecule has 1 amide bonds. The third kappa shape index (κ3) is 2.82. The standard InChI is InChI=1S/C19H16N4O2/c1-11-3-4-13(19(25)22-15-5-6-15)7-16(11)17-8-14-9-21-23(12(2)24)18(14)10-20-17/h3-5,7-10H,6H2,1-2H3,(H,22,25). The molecule has 0 atom stereocenters. The molecule has 6 nitrogen and oxygen atoms in total. The van der Waals surface area contributed by atoms with Gasteiger partial charge in [-0.3, -0.25) is 14.6 Å². The molecule has 0 aliphatic heterocycles. The molecule has 0 saturated heterocycles. The van der Waals surface area contributed by atoms with Crippen molar-refractivity contribution in [2.45, 2.75) is 20.3 Å². The fourth-order valence-corrected chi connectivity index (χ4v) is 2.73. The number of carbonyl (C=O) groups is 2. The SMILES string of the molecule is CC(=O)n1ncc2cc(-c3cc(C(=O)NC4=CC4)ccc3C)ncc21. The Morgan fingerprint density at radius 2 is 2.00 bits per heavy atom. The normalized spacial score (nSPS) is 12.8. The van der Waals surface area contributed by atoms with Gasteiger partial charge in [-0.2, -0.15) is 9.78 Å². The molecule has 4 rings (SSSR count). The number of benzene rings is 1. The zero-order chi connectivity index (χ0) is 17.6. The highest BCUT2D eigenvalue weighted by Crippen LogP contribution is 2.26. The largest absolute Gasteiger partial charge is 0.326 e. The average molecular weight is 332 g/mol. The van der Waals surface area contributed by atoms with Crippen molar-refractivity contribution < 1.29 is 9.59 Å². The van der Waals surface area contributed by atoms with E-state index in [1.807, 2.05) is 37.3 Å². The van der Waals surface area contributed by atoms with Crippen molar-refractivity contribution in [3.63, 3.8) is 0 Å². The molecule has 124 valence electrons. The van der Waals surface area contributed by atoms with Crippen molar-refractivity contribution in [2.75, 3.05) is 0 Å². The third-order valence-corrected chi connectivity index (χ3v) is 4.21. The second kappa shape index (κ2) is 5.66. The van der Waals surface area contributed by atoms with Crippen molar-refractivity contribution in [1.29, 1.82) is 0 Å². The summed E-state index contributed by atoms with van der Waals surface area (Å²) in [6.07, 6.45) is 6.10. The van der Waals surface area contributed by atoms with Crippen LogP contribution in [0.25, 0.3) is 22.2 Å². The number of hydrogen-bond donors (Lipinski definition) is 1. The topological polar surface area (TPSA) is 76.9 Å². The monoisotopic (exact) mass is 332 g/mol. The zero-order valence-corrected chi connectivity index (χ0v) is 13.9. The molecule has 0 radical (unpaired) electrons. The Kier molecular flexibility index (Phi) is 3.46. The second-order valence-electron chi connectivity index (χ2n) is 6.12. The number of rotatable bonds is 3. The maximum atomic E-state index is 12.3. The molecule has 1 aliphatic carbocycles. The van der Waals surface area contributed by atoms with Crippen LogP contribution < -0.4 is 5.32 Å². The second-order valence-corrected chi connectivity index (χ2v) is 6.12. The molecule has 25 heavy (non-hydrogen) atoms. The molecule has 0 saturated carbocycles. The van der Waals surface area contributed by atoms with Crippen molar-refractivity contribution in [3.8, 4) is 11.3 Å². The molecule has 6 heteroatoms. The Hall–Kier alpha value is -3.28. The summed E-state index contributed by atoms with van der Waals surface area (Å²) in [4.78, 5) is 28.3. The van der Waals surface area contributed by atoms with E-state index in [9.17, 15) is 9.59 Å². The van der Waals surface area contributed by atoms with Gasteiger partial charge < -0.3 is 5.32 Å². The molecular formula is C19H16N4O2. The van der Waals surface area contributed by atoms with Gasteiger partial charge in [0.15, 0.2) is 0 Å². The van der Waals surface area contributed by atoms with Gasteiger partial charge in [0.05, 0.1) is 23.6 Å². The maximum absolute atomic E-state index is 12.3. The van der Waals surface area contributed by atoms with Crippen LogP contribution in [0.3, 0.4) is 0 Å². The molecular weight excluding hydrogens is 316 g/mol. The van der Waals surface area contributed by atoms with Gasteiger partial charge in [0.1, 0.15) is 0 Å². The Labute approximate surface area is 144 Å².